The predicted molar refractivity (Wildman–Crippen MR) is 145 cm³/mol. The highest BCUT2D eigenvalue weighted by Crippen LogP contribution is 2.32. The van der Waals surface area contributed by atoms with Gasteiger partial charge in [-0.2, -0.15) is 4.31 Å². The fourth-order valence-corrected chi connectivity index (χ4v) is 6.91. The Bertz CT molecular complexity index is 1480. The summed E-state index contributed by atoms with van der Waals surface area (Å²) in [5, 5.41) is 12.6. The number of sulfonamides is 1. The summed E-state index contributed by atoms with van der Waals surface area (Å²) in [6, 6.07) is 12.6. The van der Waals surface area contributed by atoms with Crippen LogP contribution < -0.4 is 10.1 Å². The lowest BCUT2D eigenvalue weighted by molar-refractivity contribution is -0.142. The number of hydrogen-bond acceptors (Lipinski definition) is 5. The van der Waals surface area contributed by atoms with Gasteiger partial charge in [0.25, 0.3) is 0 Å². The molecule has 3 aromatic rings. The summed E-state index contributed by atoms with van der Waals surface area (Å²) in [4.78, 5) is 25.0. The largest absolute Gasteiger partial charge is 0.496 e. The molecule has 0 unspecified atom stereocenters. The Morgan fingerprint density at radius 2 is 1.77 bits per heavy atom. The minimum Gasteiger partial charge on any atom is -0.496 e. The summed E-state index contributed by atoms with van der Waals surface area (Å²) >= 11 is 12.0. The molecule has 4 rings (SSSR count). The van der Waals surface area contributed by atoms with Gasteiger partial charge in [-0.25, -0.2) is 17.6 Å². The quantitative estimate of drug-likeness (QED) is 0.369. The lowest BCUT2D eigenvalue weighted by Gasteiger charge is -2.25. The van der Waals surface area contributed by atoms with Crippen molar-refractivity contribution >= 4 is 45.1 Å². The number of nitrogens with zero attached hydrogens (tertiary/aromatic N) is 1. The second-order valence-corrected chi connectivity index (χ2v) is 11.8. The van der Waals surface area contributed by atoms with Crippen LogP contribution in [-0.2, 0) is 26.0 Å². The molecule has 2 N–H and O–H groups in total. The summed E-state index contributed by atoms with van der Waals surface area (Å²) in [6.45, 7) is 0.0938. The summed E-state index contributed by atoms with van der Waals surface area (Å²) in [5.41, 5.74) is 2.02. The van der Waals surface area contributed by atoms with Gasteiger partial charge in [-0.1, -0.05) is 47.5 Å². The van der Waals surface area contributed by atoms with E-state index in [2.05, 4.69) is 5.32 Å². The molecule has 1 heterocycles. The zero-order valence-electron chi connectivity index (χ0n) is 20.7. The average Bonchev–Trinajstić information content (AvgIpc) is 3.39. The van der Waals surface area contributed by atoms with Crippen molar-refractivity contribution in [2.75, 3.05) is 13.7 Å². The maximum Gasteiger partial charge on any atom is 0.326 e. The number of carboxylic acids is 1. The van der Waals surface area contributed by atoms with Crippen LogP contribution in [0.2, 0.25) is 10.0 Å². The topological polar surface area (TPSA) is 113 Å². The first-order valence-corrected chi connectivity index (χ1v) is 14.1. The Kier molecular flexibility index (Phi) is 8.80. The Morgan fingerprint density at radius 3 is 2.38 bits per heavy atom. The third-order valence-corrected chi connectivity index (χ3v) is 8.75. The van der Waals surface area contributed by atoms with Crippen molar-refractivity contribution in [3.63, 3.8) is 0 Å². The van der Waals surface area contributed by atoms with Crippen molar-refractivity contribution in [3.8, 4) is 16.9 Å². The van der Waals surface area contributed by atoms with Crippen LogP contribution >= 0.6 is 23.2 Å². The van der Waals surface area contributed by atoms with Crippen molar-refractivity contribution < 1.29 is 32.2 Å². The van der Waals surface area contributed by atoms with Gasteiger partial charge < -0.3 is 15.2 Å². The van der Waals surface area contributed by atoms with Crippen molar-refractivity contribution in [1.29, 1.82) is 0 Å². The maximum absolute atomic E-state index is 13.5. The van der Waals surface area contributed by atoms with Crippen molar-refractivity contribution in [2.45, 2.75) is 36.2 Å². The second-order valence-electron chi connectivity index (χ2n) is 9.02. The molecule has 0 radical (unpaired) electrons. The SMILES string of the molecule is COc1cc(F)ccc1-c1ccc(C[C@H](NC(=O)[C@@H]2CCCN2S(=O)(=O)c2cc(Cl)cc(Cl)c2)C(=O)O)cc1. The molecule has 206 valence electrons. The Labute approximate surface area is 235 Å². The van der Waals surface area contributed by atoms with Gasteiger partial charge in [-0.3, -0.25) is 4.79 Å². The van der Waals surface area contributed by atoms with Gasteiger partial charge in [0.15, 0.2) is 0 Å². The van der Waals surface area contributed by atoms with Gasteiger partial charge in [0.05, 0.1) is 12.0 Å². The number of carboxylic acid groups (broad SMARTS) is 1. The van der Waals surface area contributed by atoms with Crippen LogP contribution in [0.3, 0.4) is 0 Å². The molecule has 1 fully saturated rings. The van der Waals surface area contributed by atoms with E-state index in [0.717, 1.165) is 9.87 Å². The summed E-state index contributed by atoms with van der Waals surface area (Å²) in [7, 11) is -2.67. The molecule has 8 nitrogen and oxygen atoms in total. The Morgan fingerprint density at radius 1 is 1.10 bits per heavy atom. The van der Waals surface area contributed by atoms with Crippen LogP contribution in [0.15, 0.2) is 65.6 Å². The lowest BCUT2D eigenvalue weighted by atomic mass is 9.99. The zero-order chi connectivity index (χ0) is 28.3. The van der Waals surface area contributed by atoms with Gasteiger partial charge in [0.2, 0.25) is 15.9 Å². The third-order valence-electron chi connectivity index (χ3n) is 6.43. The number of benzene rings is 3. The molecular weight excluding hydrogens is 570 g/mol. The Hall–Kier alpha value is -3.18. The lowest BCUT2D eigenvalue weighted by Crippen LogP contribution is -2.51. The zero-order valence-corrected chi connectivity index (χ0v) is 23.1. The number of nitrogens with one attached hydrogen (secondary N) is 1. The van der Waals surface area contributed by atoms with Gasteiger partial charge in [0.1, 0.15) is 23.7 Å². The second kappa shape index (κ2) is 11.9. The summed E-state index contributed by atoms with van der Waals surface area (Å²) < 4.78 is 46.4. The minimum absolute atomic E-state index is 0.0364. The molecule has 0 bridgehead atoms. The van der Waals surface area contributed by atoms with Crippen LogP contribution in [0.1, 0.15) is 18.4 Å². The van der Waals surface area contributed by atoms with E-state index in [-0.39, 0.29) is 34.3 Å². The van der Waals surface area contributed by atoms with Crippen LogP contribution in [-0.4, -0.2) is 55.4 Å². The average molecular weight is 595 g/mol. The predicted octanol–water partition coefficient (Wildman–Crippen LogP) is 4.77. The standard InChI is InChI=1S/C27H25Cl2FN2O6S/c1-38-25-15-20(30)8-9-22(25)17-6-4-16(5-7-17)11-23(27(34)35)31-26(33)24-3-2-10-32(24)39(36,37)21-13-18(28)12-19(29)14-21/h4-9,12-15,23-24H,2-3,10-11H2,1H3,(H,31,33)(H,34,35)/t23-,24-/m0/s1. The van der Waals surface area contributed by atoms with Crippen LogP contribution in [0.25, 0.3) is 11.1 Å². The molecule has 2 atom stereocenters. The van der Waals surface area contributed by atoms with E-state index in [1.807, 2.05) is 0 Å². The number of methoxy groups -OCH3 is 1. The molecular formula is C27H25Cl2FN2O6S. The van der Waals surface area contributed by atoms with Gasteiger partial charge in [0, 0.05) is 34.6 Å². The molecule has 1 saturated heterocycles. The smallest absolute Gasteiger partial charge is 0.326 e. The number of carbonyl (C=O) groups excluding carboxylic acids is 1. The van der Waals surface area contributed by atoms with E-state index in [1.165, 1.54) is 37.4 Å². The third kappa shape index (κ3) is 6.52. The number of halogens is 3. The monoisotopic (exact) mass is 594 g/mol. The molecule has 1 aliphatic rings. The number of aliphatic carboxylic acids is 1. The highest BCUT2D eigenvalue weighted by atomic mass is 35.5. The van der Waals surface area contributed by atoms with Crippen LogP contribution in [0.5, 0.6) is 5.75 Å². The molecule has 0 aromatic heterocycles. The fraction of sp³-hybridized carbons (Fsp3) is 0.259. The van der Waals surface area contributed by atoms with Crippen LogP contribution in [0, 0.1) is 5.82 Å². The molecule has 1 amide bonds. The van der Waals surface area contributed by atoms with Crippen LogP contribution in [0.4, 0.5) is 4.39 Å². The summed E-state index contributed by atoms with van der Waals surface area (Å²) in [6.07, 6.45) is 0.628. The van der Waals surface area contributed by atoms with E-state index in [9.17, 15) is 27.5 Å². The van der Waals surface area contributed by atoms with Gasteiger partial charge in [-0.15, -0.1) is 0 Å². The molecule has 3 aromatic carbocycles. The molecule has 1 aliphatic heterocycles. The molecule has 12 heteroatoms. The van der Waals surface area contributed by atoms with E-state index < -0.39 is 39.8 Å². The first kappa shape index (κ1) is 28.8. The molecule has 0 aliphatic carbocycles. The first-order valence-electron chi connectivity index (χ1n) is 11.9. The number of amides is 1. The Balaban J connectivity index is 1.49. The van der Waals surface area contributed by atoms with Gasteiger partial charge >= 0.3 is 5.97 Å². The number of rotatable bonds is 9. The summed E-state index contributed by atoms with van der Waals surface area (Å²) in [5.74, 6) is -2.04. The molecule has 39 heavy (non-hydrogen) atoms. The van der Waals surface area contributed by atoms with E-state index >= 15 is 0 Å². The van der Waals surface area contributed by atoms with E-state index in [0.29, 0.717) is 23.3 Å². The highest BCUT2D eigenvalue weighted by Gasteiger charge is 2.40. The van der Waals surface area contributed by atoms with Crippen molar-refractivity contribution in [2.24, 2.45) is 0 Å². The first-order chi connectivity index (χ1) is 18.5. The molecule has 0 saturated carbocycles. The maximum atomic E-state index is 13.5. The highest BCUT2D eigenvalue weighted by molar-refractivity contribution is 7.89. The molecule has 0 spiro atoms. The van der Waals surface area contributed by atoms with Gasteiger partial charge in [-0.05, 0) is 54.3 Å². The minimum atomic E-state index is -4.11. The van der Waals surface area contributed by atoms with Crippen molar-refractivity contribution in [3.05, 3.63) is 82.1 Å². The number of hydrogen-bond donors (Lipinski definition) is 2. The fourth-order valence-electron chi connectivity index (χ4n) is 4.53. The van der Waals surface area contributed by atoms with Crippen molar-refractivity contribution in [1.82, 2.24) is 9.62 Å². The number of ether oxygens (including phenoxy) is 1. The number of carbonyl (C=O) groups is 2. The van der Waals surface area contributed by atoms with E-state index in [4.69, 9.17) is 27.9 Å². The van der Waals surface area contributed by atoms with E-state index in [1.54, 1.807) is 30.3 Å². The normalized spacial score (nSPS) is 16.6.